The first-order valence-corrected chi connectivity index (χ1v) is 6.23. The van der Waals surface area contributed by atoms with E-state index in [4.69, 9.17) is 16.3 Å². The van der Waals surface area contributed by atoms with Gasteiger partial charge in [-0.15, -0.1) is 0 Å². The topological polar surface area (TPSA) is 41.5 Å². The second-order valence-electron chi connectivity index (χ2n) is 4.47. The highest BCUT2D eigenvalue weighted by molar-refractivity contribution is 6.30. The van der Waals surface area contributed by atoms with Gasteiger partial charge < -0.3 is 15.2 Å². The number of aliphatic hydroxyl groups excluding tert-OH is 1. The van der Waals surface area contributed by atoms with Crippen molar-refractivity contribution in [1.29, 1.82) is 0 Å². The van der Waals surface area contributed by atoms with Gasteiger partial charge in [-0.25, -0.2) is 0 Å². The summed E-state index contributed by atoms with van der Waals surface area (Å²) < 4.78 is 5.43. The van der Waals surface area contributed by atoms with Crippen LogP contribution in [-0.2, 0) is 0 Å². The molecule has 2 N–H and O–H groups in total. The Labute approximate surface area is 108 Å². The van der Waals surface area contributed by atoms with Crippen LogP contribution in [0.2, 0.25) is 5.02 Å². The van der Waals surface area contributed by atoms with Crippen LogP contribution in [0.1, 0.15) is 13.8 Å². The number of aliphatic hydroxyl groups is 1. The number of ether oxygens (including phenoxy) is 1. The Morgan fingerprint density at radius 1 is 1.35 bits per heavy atom. The lowest BCUT2D eigenvalue weighted by atomic mass is 10.2. The van der Waals surface area contributed by atoms with Gasteiger partial charge in [-0.2, -0.15) is 0 Å². The van der Waals surface area contributed by atoms with Gasteiger partial charge >= 0.3 is 0 Å². The summed E-state index contributed by atoms with van der Waals surface area (Å²) in [7, 11) is 0. The van der Waals surface area contributed by atoms with E-state index in [0.29, 0.717) is 23.2 Å². The van der Waals surface area contributed by atoms with Crippen LogP contribution < -0.4 is 10.1 Å². The third-order valence-electron chi connectivity index (χ3n) is 2.17. The quantitative estimate of drug-likeness (QED) is 0.788. The lowest BCUT2D eigenvalue weighted by Gasteiger charge is -2.14. The van der Waals surface area contributed by atoms with E-state index in [2.05, 4.69) is 19.2 Å². The monoisotopic (exact) mass is 257 g/mol. The molecule has 0 radical (unpaired) electrons. The lowest BCUT2D eigenvalue weighted by molar-refractivity contribution is 0.106. The summed E-state index contributed by atoms with van der Waals surface area (Å²) in [5.41, 5.74) is 0. The second-order valence-corrected chi connectivity index (χ2v) is 4.91. The van der Waals surface area contributed by atoms with Gasteiger partial charge in [-0.1, -0.05) is 31.5 Å². The van der Waals surface area contributed by atoms with Crippen LogP contribution in [0.4, 0.5) is 0 Å². The first-order valence-electron chi connectivity index (χ1n) is 5.85. The molecular formula is C13H20ClNO2. The zero-order chi connectivity index (χ0) is 12.7. The zero-order valence-corrected chi connectivity index (χ0v) is 11.1. The number of rotatable bonds is 7. The van der Waals surface area contributed by atoms with Crippen molar-refractivity contribution in [2.45, 2.75) is 20.0 Å². The normalized spacial score (nSPS) is 12.8. The van der Waals surface area contributed by atoms with Crippen LogP contribution in [0, 0.1) is 5.92 Å². The molecule has 1 rings (SSSR count). The molecule has 0 aromatic heterocycles. The van der Waals surface area contributed by atoms with Crippen molar-refractivity contribution in [1.82, 2.24) is 5.32 Å². The van der Waals surface area contributed by atoms with Gasteiger partial charge in [0, 0.05) is 11.6 Å². The molecule has 3 nitrogen and oxygen atoms in total. The van der Waals surface area contributed by atoms with E-state index < -0.39 is 6.10 Å². The first-order chi connectivity index (χ1) is 8.08. The maximum Gasteiger partial charge on any atom is 0.120 e. The molecule has 0 aliphatic carbocycles. The molecule has 96 valence electrons. The van der Waals surface area contributed by atoms with Crippen molar-refractivity contribution in [3.8, 4) is 5.75 Å². The second kappa shape index (κ2) is 7.54. The van der Waals surface area contributed by atoms with Crippen LogP contribution >= 0.6 is 11.6 Å². The van der Waals surface area contributed by atoms with Gasteiger partial charge in [0.2, 0.25) is 0 Å². The van der Waals surface area contributed by atoms with Gasteiger partial charge in [0.05, 0.1) is 0 Å². The minimum Gasteiger partial charge on any atom is -0.491 e. The van der Waals surface area contributed by atoms with E-state index in [9.17, 15) is 5.11 Å². The fraction of sp³-hybridized carbons (Fsp3) is 0.538. The fourth-order valence-corrected chi connectivity index (χ4v) is 1.53. The molecule has 0 saturated carbocycles. The smallest absolute Gasteiger partial charge is 0.120 e. The Morgan fingerprint density at radius 2 is 2.12 bits per heavy atom. The summed E-state index contributed by atoms with van der Waals surface area (Å²) in [5.74, 6) is 1.26. The van der Waals surface area contributed by atoms with Crippen LogP contribution in [0.5, 0.6) is 5.75 Å². The summed E-state index contributed by atoms with van der Waals surface area (Å²) in [6.45, 7) is 5.96. The van der Waals surface area contributed by atoms with Gasteiger partial charge in [-0.3, -0.25) is 0 Å². The Kier molecular flexibility index (Phi) is 6.34. The molecule has 0 saturated heterocycles. The maximum absolute atomic E-state index is 9.67. The Balaban J connectivity index is 2.21. The first kappa shape index (κ1) is 14.3. The number of benzene rings is 1. The summed E-state index contributed by atoms with van der Waals surface area (Å²) in [6.07, 6.45) is -0.507. The van der Waals surface area contributed by atoms with E-state index in [1.807, 2.05) is 12.1 Å². The van der Waals surface area contributed by atoms with Crippen molar-refractivity contribution < 1.29 is 9.84 Å². The minimum atomic E-state index is -0.507. The van der Waals surface area contributed by atoms with E-state index in [0.717, 1.165) is 6.54 Å². The van der Waals surface area contributed by atoms with Gasteiger partial charge in [0.1, 0.15) is 18.5 Å². The van der Waals surface area contributed by atoms with Crippen molar-refractivity contribution >= 4 is 11.6 Å². The average Bonchev–Trinajstić information content (AvgIpc) is 2.26. The van der Waals surface area contributed by atoms with Crippen molar-refractivity contribution in [3.05, 3.63) is 29.3 Å². The van der Waals surface area contributed by atoms with E-state index in [-0.39, 0.29) is 6.61 Å². The van der Waals surface area contributed by atoms with Crippen LogP contribution in [0.15, 0.2) is 24.3 Å². The fourth-order valence-electron chi connectivity index (χ4n) is 1.35. The van der Waals surface area contributed by atoms with E-state index in [1.54, 1.807) is 12.1 Å². The number of hydrogen-bond donors (Lipinski definition) is 2. The highest BCUT2D eigenvalue weighted by Crippen LogP contribution is 2.17. The zero-order valence-electron chi connectivity index (χ0n) is 10.3. The van der Waals surface area contributed by atoms with Crippen molar-refractivity contribution in [3.63, 3.8) is 0 Å². The van der Waals surface area contributed by atoms with Crippen molar-refractivity contribution in [2.75, 3.05) is 19.7 Å². The molecular weight excluding hydrogens is 238 g/mol. The van der Waals surface area contributed by atoms with Crippen LogP contribution in [0.25, 0.3) is 0 Å². The average molecular weight is 258 g/mol. The third kappa shape index (κ3) is 6.51. The highest BCUT2D eigenvalue weighted by Gasteiger charge is 2.05. The summed E-state index contributed by atoms with van der Waals surface area (Å²) >= 11 is 5.82. The number of hydrogen-bond acceptors (Lipinski definition) is 3. The van der Waals surface area contributed by atoms with Gasteiger partial charge in [0.25, 0.3) is 0 Å². The predicted octanol–water partition coefficient (Wildman–Crippen LogP) is 2.33. The maximum atomic E-state index is 9.67. The third-order valence-corrected chi connectivity index (χ3v) is 2.41. The van der Waals surface area contributed by atoms with E-state index in [1.165, 1.54) is 0 Å². The Morgan fingerprint density at radius 3 is 2.76 bits per heavy atom. The van der Waals surface area contributed by atoms with Crippen LogP contribution in [0.3, 0.4) is 0 Å². The van der Waals surface area contributed by atoms with Crippen molar-refractivity contribution in [2.24, 2.45) is 5.92 Å². The molecule has 0 heterocycles. The minimum absolute atomic E-state index is 0.269. The van der Waals surface area contributed by atoms with E-state index >= 15 is 0 Å². The predicted molar refractivity (Wildman–Crippen MR) is 70.7 cm³/mol. The van der Waals surface area contributed by atoms with Gasteiger partial charge in [0.15, 0.2) is 0 Å². The lowest BCUT2D eigenvalue weighted by Crippen LogP contribution is -2.33. The molecule has 0 bridgehead atoms. The highest BCUT2D eigenvalue weighted by atomic mass is 35.5. The van der Waals surface area contributed by atoms with Crippen LogP contribution in [-0.4, -0.2) is 30.9 Å². The number of halogens is 1. The largest absolute Gasteiger partial charge is 0.491 e. The number of nitrogens with one attached hydrogen (secondary N) is 1. The molecule has 0 aliphatic rings. The summed E-state index contributed by atoms with van der Waals surface area (Å²) in [5, 5.41) is 13.5. The molecule has 0 amide bonds. The molecule has 0 fully saturated rings. The Bertz CT molecular complexity index is 331. The molecule has 1 aromatic carbocycles. The molecule has 1 aromatic rings. The molecule has 1 unspecified atom stereocenters. The molecule has 0 spiro atoms. The molecule has 1 atom stereocenters. The molecule has 17 heavy (non-hydrogen) atoms. The summed E-state index contributed by atoms with van der Waals surface area (Å²) in [6, 6.07) is 7.16. The SMILES string of the molecule is CC(C)CNCC(O)COc1cccc(Cl)c1. The summed E-state index contributed by atoms with van der Waals surface area (Å²) in [4.78, 5) is 0. The standard InChI is InChI=1S/C13H20ClNO2/c1-10(2)7-15-8-12(16)9-17-13-5-3-4-11(14)6-13/h3-6,10,12,15-16H,7-9H2,1-2H3. The molecule has 4 heteroatoms. The molecule has 0 aliphatic heterocycles. The Hall–Kier alpha value is -0.770. The van der Waals surface area contributed by atoms with Gasteiger partial charge in [-0.05, 0) is 30.7 Å².